The third-order valence-corrected chi connectivity index (χ3v) is 2.04. The van der Waals surface area contributed by atoms with Crippen molar-refractivity contribution in [1.29, 1.82) is 0 Å². The summed E-state index contributed by atoms with van der Waals surface area (Å²) in [5, 5.41) is 9.07. The second kappa shape index (κ2) is 2.89. The molecule has 0 radical (unpaired) electrons. The summed E-state index contributed by atoms with van der Waals surface area (Å²) in [7, 11) is 0. The van der Waals surface area contributed by atoms with Gasteiger partial charge in [-0.1, -0.05) is 0 Å². The lowest BCUT2D eigenvalue weighted by molar-refractivity contribution is 0.0204. The summed E-state index contributed by atoms with van der Waals surface area (Å²) in [4.78, 5) is 0. The van der Waals surface area contributed by atoms with Crippen molar-refractivity contribution < 1.29 is 5.11 Å². The molecule has 2 unspecified atom stereocenters. The van der Waals surface area contributed by atoms with Gasteiger partial charge in [0.15, 0.2) is 0 Å². The molecule has 1 fully saturated rings. The Morgan fingerprint density at radius 3 is 2.67 bits per heavy atom. The van der Waals surface area contributed by atoms with Crippen LogP contribution in [0, 0.1) is 18.3 Å². The van der Waals surface area contributed by atoms with Crippen LogP contribution in [0.15, 0.2) is 0 Å². The first kappa shape index (κ1) is 6.64. The minimum atomic E-state index is -0.0432. The summed E-state index contributed by atoms with van der Waals surface area (Å²) in [5.74, 6) is 3.09. The molecule has 0 amide bonds. The molecule has 1 rings (SSSR count). The lowest BCUT2D eigenvalue weighted by atomic mass is 9.79. The zero-order chi connectivity index (χ0) is 6.69. The summed E-state index contributed by atoms with van der Waals surface area (Å²) in [6.45, 7) is 0. The van der Waals surface area contributed by atoms with Crippen molar-refractivity contribution in [1.82, 2.24) is 0 Å². The smallest absolute Gasteiger partial charge is 0.0568 e. The minimum absolute atomic E-state index is 0.0432. The summed E-state index contributed by atoms with van der Waals surface area (Å²) in [6.07, 6.45) is 9.01. The van der Waals surface area contributed by atoms with Gasteiger partial charge in [-0.3, -0.25) is 0 Å². The molecule has 1 nitrogen and oxygen atoms in total. The third-order valence-electron chi connectivity index (χ3n) is 2.04. The van der Waals surface area contributed by atoms with Crippen molar-refractivity contribution in [3.05, 3.63) is 0 Å². The minimum Gasteiger partial charge on any atom is -0.393 e. The van der Waals surface area contributed by atoms with Gasteiger partial charge in [0.25, 0.3) is 0 Å². The van der Waals surface area contributed by atoms with E-state index in [2.05, 4.69) is 5.92 Å². The molecule has 0 bridgehead atoms. The van der Waals surface area contributed by atoms with E-state index in [1.807, 2.05) is 0 Å². The molecule has 0 aliphatic heterocycles. The van der Waals surface area contributed by atoms with Crippen molar-refractivity contribution >= 4 is 0 Å². The number of rotatable bonds is 2. The number of hydrogen-bond donors (Lipinski definition) is 1. The Morgan fingerprint density at radius 2 is 2.33 bits per heavy atom. The van der Waals surface area contributed by atoms with E-state index in [9.17, 15) is 0 Å². The van der Waals surface area contributed by atoms with Gasteiger partial charge in [0, 0.05) is 6.42 Å². The fourth-order valence-corrected chi connectivity index (χ4v) is 1.16. The molecule has 2 atom stereocenters. The van der Waals surface area contributed by atoms with Gasteiger partial charge in [-0.05, 0) is 25.2 Å². The lowest BCUT2D eigenvalue weighted by Crippen LogP contribution is -2.30. The van der Waals surface area contributed by atoms with Gasteiger partial charge in [0.05, 0.1) is 6.10 Å². The highest BCUT2D eigenvalue weighted by molar-refractivity contribution is 4.88. The Morgan fingerprint density at radius 1 is 1.56 bits per heavy atom. The van der Waals surface area contributed by atoms with E-state index in [1.165, 1.54) is 6.42 Å². The van der Waals surface area contributed by atoms with Crippen LogP contribution in [0.2, 0.25) is 0 Å². The molecule has 1 saturated carbocycles. The van der Waals surface area contributed by atoms with Gasteiger partial charge in [-0.15, -0.1) is 12.3 Å². The fraction of sp³-hybridized carbons (Fsp3) is 0.750. The van der Waals surface area contributed by atoms with Crippen LogP contribution in [0.3, 0.4) is 0 Å². The highest BCUT2D eigenvalue weighted by atomic mass is 16.3. The maximum Gasteiger partial charge on any atom is 0.0568 e. The molecular weight excluding hydrogens is 112 g/mol. The van der Waals surface area contributed by atoms with Gasteiger partial charge < -0.3 is 5.11 Å². The number of aliphatic hydroxyl groups excluding tert-OH is 1. The Bertz CT molecular complexity index is 123. The Balaban J connectivity index is 2.08. The third kappa shape index (κ3) is 1.46. The largest absolute Gasteiger partial charge is 0.393 e. The standard InChI is InChI=1S/C8H12O/c1-2-3-4-7-5-6-8(7)9/h1,7-9H,3-6H2. The van der Waals surface area contributed by atoms with E-state index in [4.69, 9.17) is 11.5 Å². The van der Waals surface area contributed by atoms with E-state index in [0.717, 1.165) is 19.3 Å². The summed E-state index contributed by atoms with van der Waals surface area (Å²) >= 11 is 0. The predicted octanol–water partition coefficient (Wildman–Crippen LogP) is 1.17. The van der Waals surface area contributed by atoms with Crippen molar-refractivity contribution in [3.63, 3.8) is 0 Å². The van der Waals surface area contributed by atoms with Gasteiger partial charge in [-0.2, -0.15) is 0 Å². The highest BCUT2D eigenvalue weighted by Crippen LogP contribution is 2.30. The van der Waals surface area contributed by atoms with E-state index < -0.39 is 0 Å². The Labute approximate surface area is 56.1 Å². The van der Waals surface area contributed by atoms with Gasteiger partial charge in [0.1, 0.15) is 0 Å². The maximum absolute atomic E-state index is 9.07. The average molecular weight is 124 g/mol. The summed E-state index contributed by atoms with van der Waals surface area (Å²) < 4.78 is 0. The Hall–Kier alpha value is -0.480. The van der Waals surface area contributed by atoms with Crippen molar-refractivity contribution in [2.45, 2.75) is 31.8 Å². The first-order chi connectivity index (χ1) is 4.34. The molecule has 0 aromatic heterocycles. The second-order valence-electron chi connectivity index (χ2n) is 2.65. The van der Waals surface area contributed by atoms with Crippen LogP contribution < -0.4 is 0 Å². The SMILES string of the molecule is C#CCCC1CCC1O. The first-order valence-electron chi connectivity index (χ1n) is 3.46. The molecule has 9 heavy (non-hydrogen) atoms. The number of aliphatic hydroxyl groups is 1. The normalized spacial score (nSPS) is 32.9. The van der Waals surface area contributed by atoms with Crippen LogP contribution in [0.25, 0.3) is 0 Å². The van der Waals surface area contributed by atoms with Crippen LogP contribution in [0.4, 0.5) is 0 Å². The molecular formula is C8H12O. The average Bonchev–Trinajstić information content (AvgIpc) is 1.86. The first-order valence-corrected chi connectivity index (χ1v) is 3.46. The molecule has 1 N–H and O–H groups in total. The molecule has 1 aliphatic carbocycles. The van der Waals surface area contributed by atoms with Crippen LogP contribution in [-0.2, 0) is 0 Å². The molecule has 0 aromatic rings. The zero-order valence-corrected chi connectivity index (χ0v) is 5.51. The molecule has 0 saturated heterocycles. The van der Waals surface area contributed by atoms with Crippen molar-refractivity contribution in [2.75, 3.05) is 0 Å². The molecule has 0 aromatic carbocycles. The van der Waals surface area contributed by atoms with Crippen LogP contribution in [0.1, 0.15) is 25.7 Å². The van der Waals surface area contributed by atoms with Crippen LogP contribution in [0.5, 0.6) is 0 Å². The predicted molar refractivity (Wildman–Crippen MR) is 36.8 cm³/mol. The number of hydrogen-bond acceptors (Lipinski definition) is 1. The number of terminal acetylenes is 1. The fourth-order valence-electron chi connectivity index (χ4n) is 1.16. The molecule has 50 valence electrons. The quantitative estimate of drug-likeness (QED) is 0.548. The van der Waals surface area contributed by atoms with E-state index in [0.29, 0.717) is 5.92 Å². The van der Waals surface area contributed by atoms with Crippen molar-refractivity contribution in [3.8, 4) is 12.3 Å². The highest BCUT2D eigenvalue weighted by Gasteiger charge is 2.27. The Kier molecular flexibility index (Phi) is 2.13. The van der Waals surface area contributed by atoms with Gasteiger partial charge >= 0.3 is 0 Å². The van der Waals surface area contributed by atoms with Gasteiger partial charge in [-0.25, -0.2) is 0 Å². The maximum atomic E-state index is 9.07. The van der Waals surface area contributed by atoms with Crippen LogP contribution in [-0.4, -0.2) is 11.2 Å². The monoisotopic (exact) mass is 124 g/mol. The molecule has 0 heterocycles. The van der Waals surface area contributed by atoms with E-state index in [1.54, 1.807) is 0 Å². The van der Waals surface area contributed by atoms with Gasteiger partial charge in [0.2, 0.25) is 0 Å². The van der Waals surface area contributed by atoms with E-state index >= 15 is 0 Å². The molecule has 1 heteroatoms. The lowest BCUT2D eigenvalue weighted by Gasteiger charge is -2.31. The zero-order valence-electron chi connectivity index (χ0n) is 5.51. The molecule has 0 spiro atoms. The van der Waals surface area contributed by atoms with E-state index in [-0.39, 0.29) is 6.10 Å². The second-order valence-corrected chi connectivity index (χ2v) is 2.65. The van der Waals surface area contributed by atoms with Crippen molar-refractivity contribution in [2.24, 2.45) is 5.92 Å². The topological polar surface area (TPSA) is 20.2 Å². The summed E-state index contributed by atoms with van der Waals surface area (Å²) in [6, 6.07) is 0. The van der Waals surface area contributed by atoms with Crippen LogP contribution >= 0.6 is 0 Å². The summed E-state index contributed by atoms with van der Waals surface area (Å²) in [5.41, 5.74) is 0. The molecule has 1 aliphatic rings.